The molecule has 0 aliphatic heterocycles. The van der Waals surface area contributed by atoms with Crippen LogP contribution in [0.25, 0.3) is 0 Å². The van der Waals surface area contributed by atoms with Crippen molar-refractivity contribution in [2.45, 2.75) is 6.42 Å². The minimum Gasteiger partial charge on any atom is -0.296 e. The predicted octanol–water partition coefficient (Wildman–Crippen LogP) is 1.79. The molecular formula is C18H15N5O3S. The number of nitrogens with zero attached hydrogens (tertiary/aromatic N) is 2. The third-order valence-corrected chi connectivity index (χ3v) is 4.23. The monoisotopic (exact) mass is 381 g/mol. The van der Waals surface area contributed by atoms with Gasteiger partial charge in [0.25, 0.3) is 11.8 Å². The Morgan fingerprint density at radius 2 is 1.37 bits per heavy atom. The van der Waals surface area contributed by atoms with Crippen molar-refractivity contribution < 1.29 is 14.4 Å². The summed E-state index contributed by atoms with van der Waals surface area (Å²) >= 11 is 1.09. The second-order valence-electron chi connectivity index (χ2n) is 5.37. The molecule has 0 bridgehead atoms. The van der Waals surface area contributed by atoms with Crippen molar-refractivity contribution in [2.24, 2.45) is 0 Å². The number of hydrogen-bond acceptors (Lipinski definition) is 6. The zero-order chi connectivity index (χ0) is 19.1. The molecule has 9 heteroatoms. The lowest BCUT2D eigenvalue weighted by Crippen LogP contribution is -2.42. The molecule has 0 atom stereocenters. The first kappa shape index (κ1) is 18.2. The van der Waals surface area contributed by atoms with Crippen molar-refractivity contribution in [3.05, 3.63) is 76.8 Å². The Morgan fingerprint density at radius 1 is 0.778 bits per heavy atom. The number of anilines is 1. The molecule has 0 radical (unpaired) electrons. The van der Waals surface area contributed by atoms with Crippen LogP contribution in [-0.4, -0.2) is 27.9 Å². The molecule has 1 aromatic heterocycles. The topological polar surface area (TPSA) is 113 Å². The molecule has 3 amide bonds. The minimum atomic E-state index is -0.448. The molecule has 3 aromatic rings. The van der Waals surface area contributed by atoms with Crippen LogP contribution in [-0.2, 0) is 11.2 Å². The van der Waals surface area contributed by atoms with Crippen molar-refractivity contribution in [1.82, 2.24) is 21.0 Å². The maximum Gasteiger partial charge on any atom is 0.269 e. The van der Waals surface area contributed by atoms with Gasteiger partial charge >= 0.3 is 0 Å². The van der Waals surface area contributed by atoms with Crippen molar-refractivity contribution in [2.75, 3.05) is 5.32 Å². The number of hydrazine groups is 1. The summed E-state index contributed by atoms with van der Waals surface area (Å²) in [5.41, 5.74) is 5.57. The van der Waals surface area contributed by atoms with Crippen LogP contribution in [0.4, 0.5) is 5.13 Å². The third kappa shape index (κ3) is 5.19. The van der Waals surface area contributed by atoms with Gasteiger partial charge in [-0.15, -0.1) is 10.2 Å². The van der Waals surface area contributed by atoms with Gasteiger partial charge in [-0.3, -0.25) is 30.6 Å². The van der Waals surface area contributed by atoms with Crippen molar-refractivity contribution in [3.8, 4) is 0 Å². The Balaban J connectivity index is 1.49. The van der Waals surface area contributed by atoms with E-state index in [1.807, 2.05) is 6.07 Å². The first-order valence-electron chi connectivity index (χ1n) is 7.95. The first-order valence-corrected chi connectivity index (χ1v) is 8.76. The van der Waals surface area contributed by atoms with Crippen LogP contribution in [0.5, 0.6) is 0 Å². The van der Waals surface area contributed by atoms with E-state index >= 15 is 0 Å². The normalized spacial score (nSPS) is 10.1. The van der Waals surface area contributed by atoms with Gasteiger partial charge in [0.2, 0.25) is 11.0 Å². The zero-order valence-electron chi connectivity index (χ0n) is 14.0. The lowest BCUT2D eigenvalue weighted by atomic mass is 10.2. The highest BCUT2D eigenvalue weighted by Crippen LogP contribution is 2.16. The fourth-order valence-corrected chi connectivity index (χ4v) is 2.84. The molecule has 136 valence electrons. The average molecular weight is 381 g/mol. The second kappa shape index (κ2) is 8.68. The van der Waals surface area contributed by atoms with Gasteiger partial charge in [-0.2, -0.15) is 0 Å². The number of carbonyl (C=O) groups excluding carboxylic acids is 3. The Hall–Kier alpha value is -3.59. The van der Waals surface area contributed by atoms with Gasteiger partial charge in [-0.05, 0) is 24.3 Å². The highest BCUT2D eigenvalue weighted by Gasteiger charge is 2.13. The highest BCUT2D eigenvalue weighted by molar-refractivity contribution is 7.15. The quantitative estimate of drug-likeness (QED) is 0.583. The van der Waals surface area contributed by atoms with E-state index < -0.39 is 11.8 Å². The number of nitrogens with one attached hydrogen (secondary N) is 3. The van der Waals surface area contributed by atoms with Crippen molar-refractivity contribution in [1.29, 1.82) is 0 Å². The van der Waals surface area contributed by atoms with Gasteiger partial charge in [0.05, 0.1) is 6.42 Å². The largest absolute Gasteiger partial charge is 0.296 e. The molecule has 0 unspecified atom stereocenters. The lowest BCUT2D eigenvalue weighted by molar-refractivity contribution is -0.121. The number of rotatable bonds is 5. The van der Waals surface area contributed by atoms with Crippen molar-refractivity contribution in [3.63, 3.8) is 0 Å². The first-order chi connectivity index (χ1) is 13.1. The van der Waals surface area contributed by atoms with Gasteiger partial charge in [0, 0.05) is 11.1 Å². The van der Waals surface area contributed by atoms with E-state index in [4.69, 9.17) is 0 Å². The molecule has 0 saturated carbocycles. The van der Waals surface area contributed by atoms with E-state index in [0.717, 1.165) is 11.3 Å². The summed E-state index contributed by atoms with van der Waals surface area (Å²) in [6, 6.07) is 17.2. The SMILES string of the molecule is O=C(Cc1nnc(NC(=O)c2ccccc2)s1)NNC(=O)c1ccccc1. The third-order valence-electron chi connectivity index (χ3n) is 3.39. The molecule has 0 spiro atoms. The molecule has 0 aliphatic carbocycles. The summed E-state index contributed by atoms with van der Waals surface area (Å²) in [6.07, 6.45) is -0.0755. The Kier molecular flexibility index (Phi) is 5.85. The van der Waals surface area contributed by atoms with E-state index in [9.17, 15) is 14.4 Å². The van der Waals surface area contributed by atoms with Crippen molar-refractivity contribution >= 4 is 34.2 Å². The number of benzene rings is 2. The fraction of sp³-hybridized carbons (Fsp3) is 0.0556. The van der Waals surface area contributed by atoms with E-state index in [-0.39, 0.29) is 12.3 Å². The van der Waals surface area contributed by atoms with Crippen LogP contribution >= 0.6 is 11.3 Å². The van der Waals surface area contributed by atoms with Gasteiger partial charge in [0.1, 0.15) is 5.01 Å². The van der Waals surface area contributed by atoms with Gasteiger partial charge < -0.3 is 0 Å². The maximum absolute atomic E-state index is 12.1. The summed E-state index contributed by atoms with van der Waals surface area (Å²) in [5.74, 6) is -1.17. The van der Waals surface area contributed by atoms with Crippen LogP contribution in [0.2, 0.25) is 0 Å². The summed E-state index contributed by atoms with van der Waals surface area (Å²) in [6.45, 7) is 0. The van der Waals surface area contributed by atoms with E-state index in [0.29, 0.717) is 21.3 Å². The van der Waals surface area contributed by atoms with E-state index in [2.05, 4.69) is 26.4 Å². The molecule has 1 heterocycles. The number of carbonyl (C=O) groups is 3. The zero-order valence-corrected chi connectivity index (χ0v) is 14.8. The smallest absolute Gasteiger partial charge is 0.269 e. The fourth-order valence-electron chi connectivity index (χ4n) is 2.10. The molecule has 3 N–H and O–H groups in total. The summed E-state index contributed by atoms with van der Waals surface area (Å²) in [4.78, 5) is 35.8. The molecule has 0 saturated heterocycles. The molecule has 0 aliphatic rings. The Labute approximate surface area is 158 Å². The molecule has 8 nitrogen and oxygen atoms in total. The standard InChI is InChI=1S/C18H15N5O3S/c24-14(20-22-17(26)13-9-5-2-6-10-13)11-15-21-23-18(27-15)19-16(25)12-7-3-1-4-8-12/h1-10H,11H2,(H,20,24)(H,22,26)(H,19,23,25). The van der Waals surface area contributed by atoms with Crippen LogP contribution in [0, 0.1) is 0 Å². The molecule has 2 aromatic carbocycles. The van der Waals surface area contributed by atoms with Crippen LogP contribution < -0.4 is 16.2 Å². The minimum absolute atomic E-state index is 0.0755. The highest BCUT2D eigenvalue weighted by atomic mass is 32.1. The number of aromatic nitrogens is 2. The molecule has 27 heavy (non-hydrogen) atoms. The Morgan fingerprint density at radius 3 is 2.00 bits per heavy atom. The van der Waals surface area contributed by atoms with E-state index in [1.165, 1.54) is 0 Å². The number of hydrogen-bond donors (Lipinski definition) is 3. The van der Waals surface area contributed by atoms with Gasteiger partial charge in [-0.25, -0.2) is 0 Å². The van der Waals surface area contributed by atoms with E-state index in [1.54, 1.807) is 54.6 Å². The maximum atomic E-state index is 12.1. The summed E-state index contributed by atoms with van der Waals surface area (Å²) in [5, 5.41) is 11.0. The molecular weight excluding hydrogens is 366 g/mol. The second-order valence-corrected chi connectivity index (χ2v) is 6.43. The number of amides is 3. The lowest BCUT2D eigenvalue weighted by Gasteiger charge is -2.06. The molecule has 3 rings (SSSR count). The molecule has 0 fully saturated rings. The van der Waals surface area contributed by atoms with Crippen LogP contribution in [0.1, 0.15) is 25.7 Å². The Bertz CT molecular complexity index is 944. The summed E-state index contributed by atoms with van der Waals surface area (Å²) < 4.78 is 0. The van der Waals surface area contributed by atoms with Gasteiger partial charge in [-0.1, -0.05) is 47.7 Å². The van der Waals surface area contributed by atoms with Gasteiger partial charge in [0.15, 0.2) is 0 Å². The van der Waals surface area contributed by atoms with Crippen LogP contribution in [0.3, 0.4) is 0 Å². The van der Waals surface area contributed by atoms with Crippen LogP contribution in [0.15, 0.2) is 60.7 Å². The predicted molar refractivity (Wildman–Crippen MR) is 100 cm³/mol. The summed E-state index contributed by atoms with van der Waals surface area (Å²) in [7, 11) is 0. The average Bonchev–Trinajstić information content (AvgIpc) is 3.14.